The summed E-state index contributed by atoms with van der Waals surface area (Å²) in [7, 11) is 3.92. The van der Waals surface area contributed by atoms with Gasteiger partial charge in [0.15, 0.2) is 5.96 Å². The maximum atomic E-state index is 5.26. The molecule has 0 aliphatic heterocycles. The van der Waals surface area contributed by atoms with Crippen LogP contribution in [-0.2, 0) is 6.54 Å². The molecule has 1 atom stereocenters. The Morgan fingerprint density at radius 1 is 1.47 bits per heavy atom. The molecule has 0 spiro atoms. The quantitative estimate of drug-likeness (QED) is 0.582. The highest BCUT2D eigenvalue weighted by Crippen LogP contribution is 1.99. The van der Waals surface area contributed by atoms with Crippen molar-refractivity contribution in [3.63, 3.8) is 0 Å². The van der Waals surface area contributed by atoms with Gasteiger partial charge in [0.25, 0.3) is 0 Å². The summed E-state index contributed by atoms with van der Waals surface area (Å²) < 4.78 is 5.26. The summed E-state index contributed by atoms with van der Waals surface area (Å²) in [6.45, 7) is 6.96. The van der Waals surface area contributed by atoms with E-state index in [0.717, 1.165) is 24.8 Å². The lowest BCUT2D eigenvalue weighted by molar-refractivity contribution is 0.255. The van der Waals surface area contributed by atoms with Gasteiger partial charge < -0.3 is 20.0 Å². The Morgan fingerprint density at radius 3 is 2.84 bits per heavy atom. The highest BCUT2D eigenvalue weighted by Gasteiger charge is 2.06. The molecule has 0 bridgehead atoms. The molecule has 5 nitrogen and oxygen atoms in total. The van der Waals surface area contributed by atoms with Crippen LogP contribution in [0.25, 0.3) is 0 Å². The fourth-order valence-electron chi connectivity index (χ4n) is 1.69. The van der Waals surface area contributed by atoms with E-state index in [9.17, 15) is 0 Å². The van der Waals surface area contributed by atoms with Gasteiger partial charge in [-0.3, -0.25) is 4.99 Å². The largest absolute Gasteiger partial charge is 0.467 e. The number of guanidine groups is 1. The molecule has 19 heavy (non-hydrogen) atoms. The summed E-state index contributed by atoms with van der Waals surface area (Å²) in [5.74, 6) is 1.70. The molecular weight excluding hydrogens is 240 g/mol. The average molecular weight is 266 g/mol. The third kappa shape index (κ3) is 5.79. The second-order valence-corrected chi connectivity index (χ2v) is 4.67. The van der Waals surface area contributed by atoms with E-state index in [2.05, 4.69) is 41.4 Å². The first kappa shape index (κ1) is 15.6. The van der Waals surface area contributed by atoms with Crippen molar-refractivity contribution in [2.45, 2.75) is 32.9 Å². The van der Waals surface area contributed by atoms with Crippen LogP contribution in [0, 0.1) is 0 Å². The zero-order valence-electron chi connectivity index (χ0n) is 12.4. The molecule has 0 amide bonds. The van der Waals surface area contributed by atoms with Crippen LogP contribution in [0.3, 0.4) is 0 Å². The van der Waals surface area contributed by atoms with Crippen molar-refractivity contribution in [2.75, 3.05) is 27.2 Å². The lowest BCUT2D eigenvalue weighted by Gasteiger charge is -2.23. The number of likely N-dealkylation sites (N-methyl/N-ethyl adjacent to an activating group) is 1. The summed E-state index contributed by atoms with van der Waals surface area (Å²) in [5, 5.41) is 6.51. The molecule has 1 aromatic rings. The molecule has 0 saturated carbocycles. The van der Waals surface area contributed by atoms with Crippen molar-refractivity contribution in [3.8, 4) is 0 Å². The minimum absolute atomic E-state index is 0.611. The first-order valence-electron chi connectivity index (χ1n) is 6.84. The first-order chi connectivity index (χ1) is 9.17. The van der Waals surface area contributed by atoms with Crippen LogP contribution in [0.15, 0.2) is 27.8 Å². The van der Waals surface area contributed by atoms with Crippen LogP contribution in [0.5, 0.6) is 0 Å². The van der Waals surface area contributed by atoms with E-state index in [1.165, 1.54) is 6.42 Å². The number of hydrogen-bond donors (Lipinski definition) is 2. The normalized spacial score (nSPS) is 13.6. The lowest BCUT2D eigenvalue weighted by Crippen LogP contribution is -2.42. The predicted molar refractivity (Wildman–Crippen MR) is 79.3 cm³/mol. The van der Waals surface area contributed by atoms with E-state index in [1.807, 2.05) is 12.1 Å². The molecule has 0 saturated heterocycles. The molecule has 2 N–H and O–H groups in total. The summed E-state index contributed by atoms with van der Waals surface area (Å²) in [6, 6.07) is 4.44. The Kier molecular flexibility index (Phi) is 7.03. The van der Waals surface area contributed by atoms with Crippen molar-refractivity contribution < 1.29 is 4.42 Å². The van der Waals surface area contributed by atoms with Crippen LogP contribution in [0.4, 0.5) is 0 Å². The van der Waals surface area contributed by atoms with Crippen molar-refractivity contribution in [3.05, 3.63) is 24.2 Å². The van der Waals surface area contributed by atoms with Gasteiger partial charge in [-0.05, 0) is 32.5 Å². The van der Waals surface area contributed by atoms with Crippen LogP contribution >= 0.6 is 0 Å². The zero-order valence-corrected chi connectivity index (χ0v) is 12.4. The Hall–Kier alpha value is -1.49. The van der Waals surface area contributed by atoms with E-state index >= 15 is 0 Å². The molecule has 1 heterocycles. The molecule has 0 aliphatic carbocycles. The number of furan rings is 1. The molecule has 5 heteroatoms. The monoisotopic (exact) mass is 266 g/mol. The van der Waals surface area contributed by atoms with Crippen molar-refractivity contribution in [2.24, 2.45) is 4.99 Å². The summed E-state index contributed by atoms with van der Waals surface area (Å²) in [4.78, 5) is 6.52. The number of hydrogen-bond acceptors (Lipinski definition) is 3. The highest BCUT2D eigenvalue weighted by atomic mass is 16.3. The highest BCUT2D eigenvalue weighted by molar-refractivity contribution is 5.79. The average Bonchev–Trinajstić information content (AvgIpc) is 2.94. The number of aliphatic imine (C=N–C) groups is 1. The van der Waals surface area contributed by atoms with Crippen LogP contribution < -0.4 is 10.6 Å². The van der Waals surface area contributed by atoms with Gasteiger partial charge in [0.05, 0.1) is 12.8 Å². The predicted octanol–water partition coefficient (Wildman–Crippen LogP) is 1.67. The van der Waals surface area contributed by atoms with Gasteiger partial charge in [-0.15, -0.1) is 0 Å². The molecule has 0 radical (unpaired) electrons. The summed E-state index contributed by atoms with van der Waals surface area (Å²) >= 11 is 0. The summed E-state index contributed by atoms with van der Waals surface area (Å²) in [5.41, 5.74) is 0. The van der Waals surface area contributed by atoms with Gasteiger partial charge in [0.2, 0.25) is 0 Å². The Bertz CT molecular complexity index is 362. The van der Waals surface area contributed by atoms with Gasteiger partial charge in [0, 0.05) is 26.2 Å². The van der Waals surface area contributed by atoms with Crippen LogP contribution in [0.2, 0.25) is 0 Å². The molecule has 0 fully saturated rings. The maximum absolute atomic E-state index is 5.26. The number of nitrogens with zero attached hydrogens (tertiary/aromatic N) is 2. The standard InChI is InChI=1S/C14H26N4O/c1-5-12(2)18(4)9-8-16-14(15-3)17-11-13-7-6-10-19-13/h6-7,10,12H,5,8-9,11H2,1-4H3,(H2,15,16,17)/t12-/m0/s1. The smallest absolute Gasteiger partial charge is 0.191 e. The second-order valence-electron chi connectivity index (χ2n) is 4.67. The van der Waals surface area contributed by atoms with Crippen LogP contribution in [0.1, 0.15) is 26.0 Å². The topological polar surface area (TPSA) is 52.8 Å². The van der Waals surface area contributed by atoms with Crippen molar-refractivity contribution in [1.82, 2.24) is 15.5 Å². The molecule has 108 valence electrons. The van der Waals surface area contributed by atoms with E-state index in [0.29, 0.717) is 12.6 Å². The van der Waals surface area contributed by atoms with Gasteiger partial charge in [-0.1, -0.05) is 6.92 Å². The zero-order chi connectivity index (χ0) is 14.1. The fraction of sp³-hybridized carbons (Fsp3) is 0.643. The fourth-order valence-corrected chi connectivity index (χ4v) is 1.69. The minimum Gasteiger partial charge on any atom is -0.467 e. The van der Waals surface area contributed by atoms with E-state index in [4.69, 9.17) is 4.42 Å². The number of rotatable bonds is 7. The third-order valence-electron chi connectivity index (χ3n) is 3.33. The number of nitrogens with one attached hydrogen (secondary N) is 2. The second kappa shape index (κ2) is 8.58. The molecule has 1 rings (SSSR count). The van der Waals surface area contributed by atoms with E-state index in [1.54, 1.807) is 13.3 Å². The minimum atomic E-state index is 0.611. The lowest BCUT2D eigenvalue weighted by atomic mass is 10.2. The van der Waals surface area contributed by atoms with Gasteiger partial charge >= 0.3 is 0 Å². The molecule has 0 unspecified atom stereocenters. The van der Waals surface area contributed by atoms with Crippen molar-refractivity contribution in [1.29, 1.82) is 0 Å². The first-order valence-corrected chi connectivity index (χ1v) is 6.84. The molecule has 0 aromatic carbocycles. The Labute approximate surface area is 116 Å². The SMILES string of the molecule is CC[C@H](C)N(C)CCNC(=NC)NCc1ccco1. The van der Waals surface area contributed by atoms with Crippen molar-refractivity contribution >= 4 is 5.96 Å². The molecule has 1 aromatic heterocycles. The Morgan fingerprint density at radius 2 is 2.26 bits per heavy atom. The van der Waals surface area contributed by atoms with Gasteiger partial charge in [0.1, 0.15) is 5.76 Å². The maximum Gasteiger partial charge on any atom is 0.191 e. The van der Waals surface area contributed by atoms with Gasteiger partial charge in [-0.2, -0.15) is 0 Å². The van der Waals surface area contributed by atoms with E-state index in [-0.39, 0.29) is 0 Å². The Balaban J connectivity index is 2.22. The van der Waals surface area contributed by atoms with E-state index < -0.39 is 0 Å². The third-order valence-corrected chi connectivity index (χ3v) is 3.33. The molecular formula is C14H26N4O. The van der Waals surface area contributed by atoms with Gasteiger partial charge in [-0.25, -0.2) is 0 Å². The summed E-state index contributed by atoms with van der Waals surface area (Å²) in [6.07, 6.45) is 2.84. The van der Waals surface area contributed by atoms with Crippen LogP contribution in [-0.4, -0.2) is 44.1 Å². The molecule has 0 aliphatic rings.